The predicted molar refractivity (Wildman–Crippen MR) is 78.2 cm³/mol. The minimum absolute atomic E-state index is 0.734. The third-order valence-electron chi connectivity index (χ3n) is 4.46. The van der Waals surface area contributed by atoms with Gasteiger partial charge in [0.05, 0.1) is 0 Å². The summed E-state index contributed by atoms with van der Waals surface area (Å²) in [7, 11) is 0. The van der Waals surface area contributed by atoms with Crippen LogP contribution in [0.25, 0.3) is 0 Å². The molecule has 0 aliphatic carbocycles. The molecular weight excluding hydrogens is 240 g/mol. The van der Waals surface area contributed by atoms with Gasteiger partial charge < -0.3 is 5.32 Å². The van der Waals surface area contributed by atoms with Gasteiger partial charge in [0.25, 0.3) is 0 Å². The Morgan fingerprint density at radius 1 is 1.22 bits per heavy atom. The third kappa shape index (κ3) is 2.63. The summed E-state index contributed by atoms with van der Waals surface area (Å²) in [6, 6.07) is 6.13. The molecule has 2 atom stereocenters. The lowest BCUT2D eigenvalue weighted by Crippen LogP contribution is -2.44. The molecule has 0 spiro atoms. The normalized spacial score (nSPS) is 28.5. The summed E-state index contributed by atoms with van der Waals surface area (Å²) in [4.78, 5) is 5.71. The second-order valence-corrected chi connectivity index (χ2v) is 6.85. The van der Waals surface area contributed by atoms with Crippen LogP contribution in [0.3, 0.4) is 0 Å². The molecule has 2 aliphatic rings. The first-order chi connectivity index (χ1) is 8.86. The van der Waals surface area contributed by atoms with Crippen molar-refractivity contribution in [1.82, 2.24) is 10.2 Å². The van der Waals surface area contributed by atoms with Gasteiger partial charge in [-0.05, 0) is 44.4 Å². The van der Waals surface area contributed by atoms with Crippen molar-refractivity contribution in [3.8, 4) is 0 Å². The summed E-state index contributed by atoms with van der Waals surface area (Å²) in [5, 5.41) is 3.80. The fourth-order valence-corrected chi connectivity index (χ4v) is 4.33. The number of hydrogen-bond donors (Lipinski definition) is 1. The molecule has 1 N–H and O–H groups in total. The van der Waals surface area contributed by atoms with Crippen LogP contribution in [0.2, 0.25) is 0 Å². The molecule has 2 aliphatic heterocycles. The molecule has 2 fully saturated rings. The lowest BCUT2D eigenvalue weighted by molar-refractivity contribution is 0.180. The van der Waals surface area contributed by atoms with Crippen LogP contribution in [0.1, 0.15) is 42.4 Å². The van der Waals surface area contributed by atoms with Crippen LogP contribution in [0.4, 0.5) is 0 Å². The van der Waals surface area contributed by atoms with Gasteiger partial charge in [0.1, 0.15) is 0 Å². The van der Waals surface area contributed by atoms with Gasteiger partial charge in [0.15, 0.2) is 0 Å². The maximum atomic E-state index is 3.80. The molecule has 0 aromatic carbocycles. The van der Waals surface area contributed by atoms with Crippen LogP contribution in [0.15, 0.2) is 12.1 Å². The predicted octanol–water partition coefficient (Wildman–Crippen LogP) is 3.03. The van der Waals surface area contributed by atoms with Gasteiger partial charge in [0.2, 0.25) is 0 Å². The van der Waals surface area contributed by atoms with Crippen molar-refractivity contribution < 1.29 is 0 Å². The van der Waals surface area contributed by atoms with Crippen LogP contribution in [-0.4, -0.2) is 30.1 Å². The fourth-order valence-electron chi connectivity index (χ4n) is 3.42. The number of nitrogens with one attached hydrogen (secondary N) is 1. The summed E-state index contributed by atoms with van der Waals surface area (Å²) in [5.41, 5.74) is 0. The molecule has 3 heterocycles. The number of hydrogen-bond acceptors (Lipinski definition) is 3. The average molecular weight is 264 g/mol. The van der Waals surface area contributed by atoms with E-state index < -0.39 is 0 Å². The first-order valence-corrected chi connectivity index (χ1v) is 8.23. The van der Waals surface area contributed by atoms with Crippen molar-refractivity contribution in [3.05, 3.63) is 21.9 Å². The lowest BCUT2D eigenvalue weighted by atomic mass is 9.99. The van der Waals surface area contributed by atoms with E-state index in [1.165, 1.54) is 54.9 Å². The Bertz CT molecular complexity index is 388. The third-order valence-corrected chi connectivity index (χ3v) is 5.69. The van der Waals surface area contributed by atoms with E-state index in [1.807, 2.05) is 11.3 Å². The summed E-state index contributed by atoms with van der Waals surface area (Å²) in [6.45, 7) is 5.95. The van der Waals surface area contributed by atoms with Crippen molar-refractivity contribution in [2.75, 3.05) is 13.1 Å². The van der Waals surface area contributed by atoms with Crippen molar-refractivity contribution in [3.63, 3.8) is 0 Å². The summed E-state index contributed by atoms with van der Waals surface area (Å²) in [6.07, 6.45) is 6.76. The number of piperidine rings is 1. The summed E-state index contributed by atoms with van der Waals surface area (Å²) < 4.78 is 0. The second kappa shape index (κ2) is 5.72. The highest BCUT2D eigenvalue weighted by Crippen LogP contribution is 2.27. The number of rotatable bonds is 4. The van der Waals surface area contributed by atoms with E-state index in [4.69, 9.17) is 0 Å². The SMILES string of the molecule is CCc1ccc(CNC2CCN3CCCCC23)s1. The molecule has 2 saturated heterocycles. The molecule has 2 nitrogen and oxygen atoms in total. The largest absolute Gasteiger partial charge is 0.307 e. The van der Waals surface area contributed by atoms with E-state index in [2.05, 4.69) is 29.3 Å². The highest BCUT2D eigenvalue weighted by molar-refractivity contribution is 7.11. The van der Waals surface area contributed by atoms with Crippen molar-refractivity contribution >= 4 is 11.3 Å². The van der Waals surface area contributed by atoms with Gasteiger partial charge in [-0.3, -0.25) is 4.90 Å². The molecule has 1 aromatic rings. The van der Waals surface area contributed by atoms with Crippen LogP contribution < -0.4 is 5.32 Å². The smallest absolute Gasteiger partial charge is 0.0303 e. The molecular formula is C15H24N2S. The van der Waals surface area contributed by atoms with Crippen molar-refractivity contribution in [2.45, 2.75) is 57.7 Å². The minimum Gasteiger partial charge on any atom is -0.307 e. The molecule has 2 unspecified atom stereocenters. The number of thiophene rings is 1. The van der Waals surface area contributed by atoms with Gasteiger partial charge >= 0.3 is 0 Å². The zero-order valence-electron chi connectivity index (χ0n) is 11.3. The van der Waals surface area contributed by atoms with Crippen LogP contribution >= 0.6 is 11.3 Å². The fraction of sp³-hybridized carbons (Fsp3) is 0.733. The molecule has 3 rings (SSSR count). The second-order valence-electron chi connectivity index (χ2n) is 5.60. The van der Waals surface area contributed by atoms with E-state index in [1.54, 1.807) is 0 Å². The van der Waals surface area contributed by atoms with Gasteiger partial charge in [-0.2, -0.15) is 0 Å². The van der Waals surface area contributed by atoms with Gasteiger partial charge in [0, 0.05) is 34.9 Å². The Morgan fingerprint density at radius 3 is 2.94 bits per heavy atom. The average Bonchev–Trinajstić information content (AvgIpc) is 3.03. The van der Waals surface area contributed by atoms with Gasteiger partial charge in [-0.25, -0.2) is 0 Å². The van der Waals surface area contributed by atoms with Gasteiger partial charge in [-0.1, -0.05) is 13.3 Å². The highest BCUT2D eigenvalue weighted by atomic mass is 32.1. The van der Waals surface area contributed by atoms with E-state index in [0.29, 0.717) is 0 Å². The molecule has 1 aromatic heterocycles. The van der Waals surface area contributed by atoms with E-state index in [9.17, 15) is 0 Å². The van der Waals surface area contributed by atoms with Crippen LogP contribution in [0.5, 0.6) is 0 Å². The Balaban J connectivity index is 1.53. The monoisotopic (exact) mass is 264 g/mol. The van der Waals surface area contributed by atoms with Crippen LogP contribution in [0, 0.1) is 0 Å². The minimum atomic E-state index is 0.734. The first kappa shape index (κ1) is 12.6. The maximum absolute atomic E-state index is 3.80. The summed E-state index contributed by atoms with van der Waals surface area (Å²) >= 11 is 1.97. The Hall–Kier alpha value is -0.380. The van der Waals surface area contributed by atoms with E-state index >= 15 is 0 Å². The molecule has 0 radical (unpaired) electrons. The van der Waals surface area contributed by atoms with Gasteiger partial charge in [-0.15, -0.1) is 11.3 Å². The molecule has 0 bridgehead atoms. The zero-order chi connectivity index (χ0) is 12.4. The Morgan fingerprint density at radius 2 is 2.11 bits per heavy atom. The lowest BCUT2D eigenvalue weighted by Gasteiger charge is -2.32. The Labute approximate surface area is 114 Å². The molecule has 3 heteroatoms. The number of aryl methyl sites for hydroxylation is 1. The molecule has 18 heavy (non-hydrogen) atoms. The topological polar surface area (TPSA) is 15.3 Å². The highest BCUT2D eigenvalue weighted by Gasteiger charge is 2.34. The molecule has 0 saturated carbocycles. The van der Waals surface area contributed by atoms with E-state index in [-0.39, 0.29) is 0 Å². The first-order valence-electron chi connectivity index (χ1n) is 7.42. The van der Waals surface area contributed by atoms with Crippen molar-refractivity contribution in [1.29, 1.82) is 0 Å². The molecule has 100 valence electrons. The van der Waals surface area contributed by atoms with E-state index in [0.717, 1.165) is 18.6 Å². The maximum Gasteiger partial charge on any atom is 0.0303 e. The molecule has 0 amide bonds. The summed E-state index contributed by atoms with van der Waals surface area (Å²) in [5.74, 6) is 0. The zero-order valence-corrected chi connectivity index (χ0v) is 12.1. The standard InChI is InChI=1S/C15H24N2S/c1-2-12-6-7-13(18-12)11-16-14-8-10-17-9-4-3-5-15(14)17/h6-7,14-16H,2-5,8-11H2,1H3. The van der Waals surface area contributed by atoms with Crippen LogP contribution in [-0.2, 0) is 13.0 Å². The number of fused-ring (bicyclic) bond motifs is 1. The Kier molecular flexibility index (Phi) is 4.02. The van der Waals surface area contributed by atoms with Crippen molar-refractivity contribution in [2.24, 2.45) is 0 Å². The quantitative estimate of drug-likeness (QED) is 0.899. The number of nitrogens with zero attached hydrogens (tertiary/aromatic N) is 1.